The van der Waals surface area contributed by atoms with Gasteiger partial charge in [-0.1, -0.05) is 27.7 Å². The predicted molar refractivity (Wildman–Crippen MR) is 120 cm³/mol. The third kappa shape index (κ3) is 2.61. The summed E-state index contributed by atoms with van der Waals surface area (Å²) < 4.78 is 7.01. The highest BCUT2D eigenvalue weighted by atomic mass is 16.5. The van der Waals surface area contributed by atoms with Crippen LogP contribution >= 0.6 is 0 Å². The Labute approximate surface area is 184 Å². The maximum Gasteiger partial charge on any atom is 0.122 e. The summed E-state index contributed by atoms with van der Waals surface area (Å²) in [6.07, 6.45) is 13.2. The van der Waals surface area contributed by atoms with Crippen LogP contribution in [0.15, 0.2) is 0 Å². The lowest BCUT2D eigenvalue weighted by Crippen LogP contribution is -2.57. The summed E-state index contributed by atoms with van der Waals surface area (Å²) in [6, 6.07) is 0. The minimum atomic E-state index is -0.0320. The van der Waals surface area contributed by atoms with Gasteiger partial charge in [0.25, 0.3) is 0 Å². The van der Waals surface area contributed by atoms with Crippen LogP contribution in [0.3, 0.4) is 0 Å². The topological polar surface area (TPSA) is 41.5 Å². The molecule has 2 aliphatic heterocycles. The Morgan fingerprint density at radius 1 is 0.867 bits per heavy atom. The second-order valence-electron chi connectivity index (χ2n) is 13.3. The molecule has 4 saturated carbocycles. The lowest BCUT2D eigenvalue weighted by molar-refractivity contribution is -0.140. The molecule has 30 heavy (non-hydrogen) atoms. The van der Waals surface area contributed by atoms with E-state index < -0.39 is 0 Å². The molecule has 3 nitrogen and oxygen atoms in total. The number of hydrogen-bond donors (Lipinski definition) is 2. The number of nitrogens with one attached hydrogen (secondary N) is 1. The molecule has 0 bridgehead atoms. The van der Waals surface area contributed by atoms with E-state index in [2.05, 4.69) is 33.0 Å². The number of ether oxygens (including phenoxy) is 1. The van der Waals surface area contributed by atoms with Gasteiger partial charge >= 0.3 is 0 Å². The van der Waals surface area contributed by atoms with Crippen molar-refractivity contribution in [3.63, 3.8) is 0 Å². The zero-order chi connectivity index (χ0) is 20.9. The Hall–Kier alpha value is -0.120. The first kappa shape index (κ1) is 20.5. The molecule has 0 amide bonds. The van der Waals surface area contributed by atoms with Gasteiger partial charge in [0.15, 0.2) is 0 Å². The van der Waals surface area contributed by atoms with E-state index in [4.69, 9.17) is 4.74 Å². The first-order valence-corrected chi connectivity index (χ1v) is 13.4. The standard InChI is InChI=1S/C27H45NO2/c1-16-7-12-27(28-15-16)17(2)24-23(30-27)14-22-20-6-5-18-13-19(29)8-10-25(18,3)21(20)9-11-26(22,24)4/h16-24,28-29H,5-15H2,1-4H3/t16-,17+,18-,19-,20+,21-,22-,23-,24+,25-,26-,27-/m0/s1. The second kappa shape index (κ2) is 6.70. The molecule has 12 atom stereocenters. The summed E-state index contributed by atoms with van der Waals surface area (Å²) in [4.78, 5) is 0. The fourth-order valence-electron chi connectivity index (χ4n) is 10.4. The zero-order valence-corrected chi connectivity index (χ0v) is 19.8. The molecule has 6 rings (SSSR count). The van der Waals surface area contributed by atoms with Crippen LogP contribution in [-0.4, -0.2) is 29.6 Å². The monoisotopic (exact) mass is 415 g/mol. The minimum Gasteiger partial charge on any atom is -0.393 e. The van der Waals surface area contributed by atoms with Gasteiger partial charge in [-0.3, -0.25) is 5.32 Å². The Kier molecular flexibility index (Phi) is 4.58. The molecule has 3 heteroatoms. The molecule has 0 unspecified atom stereocenters. The number of fused-ring (bicyclic) bond motifs is 7. The summed E-state index contributed by atoms with van der Waals surface area (Å²) in [5.41, 5.74) is 0.919. The van der Waals surface area contributed by atoms with Crippen LogP contribution in [0.1, 0.15) is 91.9 Å². The van der Waals surface area contributed by atoms with Crippen molar-refractivity contribution >= 4 is 0 Å². The van der Waals surface area contributed by atoms with Crippen LogP contribution < -0.4 is 5.32 Å². The molecule has 0 aromatic carbocycles. The molecule has 1 spiro atoms. The van der Waals surface area contributed by atoms with E-state index in [0.717, 1.165) is 54.9 Å². The van der Waals surface area contributed by atoms with Crippen molar-refractivity contribution in [2.24, 2.45) is 52.3 Å². The summed E-state index contributed by atoms with van der Waals surface area (Å²) in [6.45, 7) is 11.3. The molecule has 2 N–H and O–H groups in total. The predicted octanol–water partition coefficient (Wildman–Crippen LogP) is 5.37. The van der Waals surface area contributed by atoms with Crippen molar-refractivity contribution in [1.82, 2.24) is 5.32 Å². The Bertz CT molecular complexity index is 686. The maximum absolute atomic E-state index is 10.3. The zero-order valence-electron chi connectivity index (χ0n) is 19.8. The number of piperidine rings is 1. The molecule has 2 heterocycles. The van der Waals surface area contributed by atoms with E-state index in [-0.39, 0.29) is 11.8 Å². The van der Waals surface area contributed by atoms with Crippen LogP contribution in [0.25, 0.3) is 0 Å². The summed E-state index contributed by atoms with van der Waals surface area (Å²) in [5.74, 6) is 5.57. The van der Waals surface area contributed by atoms with E-state index >= 15 is 0 Å². The molecule has 6 fully saturated rings. The van der Waals surface area contributed by atoms with Gasteiger partial charge < -0.3 is 9.84 Å². The van der Waals surface area contributed by atoms with Gasteiger partial charge in [-0.15, -0.1) is 0 Å². The van der Waals surface area contributed by atoms with E-state index in [0.29, 0.717) is 22.9 Å². The van der Waals surface area contributed by atoms with Crippen molar-refractivity contribution < 1.29 is 9.84 Å². The second-order valence-corrected chi connectivity index (χ2v) is 13.3. The van der Waals surface area contributed by atoms with E-state index in [1.807, 2.05) is 0 Å². The van der Waals surface area contributed by atoms with Crippen molar-refractivity contribution in [2.75, 3.05) is 6.54 Å². The lowest BCUT2D eigenvalue weighted by Gasteiger charge is -2.61. The largest absolute Gasteiger partial charge is 0.393 e. The van der Waals surface area contributed by atoms with Gasteiger partial charge in [-0.2, -0.15) is 0 Å². The SMILES string of the molecule is C[C@H]1CC[C@]2(NC1)O[C@H]1C[C@H]3[C@@H]4CC[C@H]5C[C@@H](O)CC[C@]5(C)[C@H]4CC[C@]3(C)[C@@H]1[C@H]2C. The molecule has 6 aliphatic rings. The number of hydrogen-bond acceptors (Lipinski definition) is 3. The van der Waals surface area contributed by atoms with Gasteiger partial charge in [0.2, 0.25) is 0 Å². The van der Waals surface area contributed by atoms with Crippen molar-refractivity contribution in [1.29, 1.82) is 0 Å². The van der Waals surface area contributed by atoms with Gasteiger partial charge in [0.1, 0.15) is 5.72 Å². The first-order chi connectivity index (χ1) is 14.3. The fourth-order valence-corrected chi connectivity index (χ4v) is 10.4. The smallest absolute Gasteiger partial charge is 0.122 e. The highest BCUT2D eigenvalue weighted by molar-refractivity contribution is 5.16. The highest BCUT2D eigenvalue weighted by Crippen LogP contribution is 2.71. The number of aliphatic hydroxyl groups is 1. The molecule has 170 valence electrons. The molecule has 2 saturated heterocycles. The van der Waals surface area contributed by atoms with E-state index in [1.165, 1.54) is 51.4 Å². The lowest BCUT2D eigenvalue weighted by atomic mass is 9.44. The average molecular weight is 416 g/mol. The first-order valence-electron chi connectivity index (χ1n) is 13.4. The summed E-state index contributed by atoms with van der Waals surface area (Å²) >= 11 is 0. The third-order valence-electron chi connectivity index (χ3n) is 12.1. The van der Waals surface area contributed by atoms with Crippen molar-refractivity contribution in [3.05, 3.63) is 0 Å². The molecular weight excluding hydrogens is 370 g/mol. The van der Waals surface area contributed by atoms with Crippen LogP contribution in [0, 0.1) is 52.3 Å². The van der Waals surface area contributed by atoms with Gasteiger partial charge in [-0.05, 0) is 111 Å². The third-order valence-corrected chi connectivity index (χ3v) is 12.1. The number of aliphatic hydroxyl groups excluding tert-OH is 1. The van der Waals surface area contributed by atoms with Gasteiger partial charge in [0.05, 0.1) is 12.2 Å². The minimum absolute atomic E-state index is 0.0319. The molecule has 0 radical (unpaired) electrons. The molecule has 4 aliphatic carbocycles. The summed E-state index contributed by atoms with van der Waals surface area (Å²) in [5, 5.41) is 14.2. The fraction of sp³-hybridized carbons (Fsp3) is 1.00. The Morgan fingerprint density at radius 3 is 2.43 bits per heavy atom. The number of rotatable bonds is 0. The van der Waals surface area contributed by atoms with Crippen LogP contribution in [-0.2, 0) is 4.74 Å². The molecule has 0 aromatic rings. The van der Waals surface area contributed by atoms with Crippen molar-refractivity contribution in [2.45, 2.75) is 110 Å². The van der Waals surface area contributed by atoms with Crippen molar-refractivity contribution in [3.8, 4) is 0 Å². The summed E-state index contributed by atoms with van der Waals surface area (Å²) in [7, 11) is 0. The van der Waals surface area contributed by atoms with Crippen LogP contribution in [0.5, 0.6) is 0 Å². The Balaban J connectivity index is 1.26. The Morgan fingerprint density at radius 2 is 1.67 bits per heavy atom. The van der Waals surface area contributed by atoms with Gasteiger partial charge in [0, 0.05) is 12.5 Å². The molecular formula is C27H45NO2. The molecule has 0 aromatic heterocycles. The normalized spacial score (nSPS) is 62.5. The van der Waals surface area contributed by atoms with E-state index in [1.54, 1.807) is 0 Å². The maximum atomic E-state index is 10.3. The van der Waals surface area contributed by atoms with Gasteiger partial charge in [-0.25, -0.2) is 0 Å². The highest BCUT2D eigenvalue weighted by Gasteiger charge is 2.68. The van der Waals surface area contributed by atoms with Crippen LogP contribution in [0.2, 0.25) is 0 Å². The van der Waals surface area contributed by atoms with E-state index in [9.17, 15) is 5.11 Å². The quantitative estimate of drug-likeness (QED) is 0.559. The van der Waals surface area contributed by atoms with Crippen LogP contribution in [0.4, 0.5) is 0 Å². The average Bonchev–Trinajstić information content (AvgIpc) is 3.16.